The lowest BCUT2D eigenvalue weighted by Crippen LogP contribution is -2.50. The second-order valence-corrected chi connectivity index (χ2v) is 7.99. The van der Waals surface area contributed by atoms with Gasteiger partial charge < -0.3 is 15.0 Å². The van der Waals surface area contributed by atoms with Gasteiger partial charge >= 0.3 is 6.09 Å². The zero-order chi connectivity index (χ0) is 18.2. The Kier molecular flexibility index (Phi) is 4.70. The average Bonchev–Trinajstić information content (AvgIpc) is 2.89. The fourth-order valence-corrected chi connectivity index (χ4v) is 4.49. The van der Waals surface area contributed by atoms with Crippen molar-refractivity contribution in [3.63, 3.8) is 0 Å². The van der Waals surface area contributed by atoms with E-state index in [1.165, 1.54) is 15.3 Å². The largest absolute Gasteiger partial charge is 0.450 e. The molecule has 2 aliphatic heterocycles. The molecule has 2 amide bonds. The lowest BCUT2D eigenvalue weighted by Gasteiger charge is -2.33. The molecule has 25 heavy (non-hydrogen) atoms. The van der Waals surface area contributed by atoms with Gasteiger partial charge in [-0.05, 0) is 37.6 Å². The van der Waals surface area contributed by atoms with Crippen molar-refractivity contribution < 1.29 is 22.7 Å². The molecule has 2 heterocycles. The molecule has 1 atom stereocenters. The van der Waals surface area contributed by atoms with Gasteiger partial charge in [0.2, 0.25) is 15.9 Å². The number of piperazine rings is 1. The maximum atomic E-state index is 12.9. The molecular weight excluding hydrogens is 346 g/mol. The van der Waals surface area contributed by atoms with Crippen LogP contribution in [0.1, 0.15) is 25.3 Å². The number of amides is 2. The number of carbonyl (C=O) groups excluding carboxylic acids is 2. The molecule has 1 N–H and O–H groups in total. The van der Waals surface area contributed by atoms with Gasteiger partial charge in [0.1, 0.15) is 0 Å². The summed E-state index contributed by atoms with van der Waals surface area (Å²) in [6, 6.07) is 4.69. The molecule has 0 radical (unpaired) electrons. The maximum absolute atomic E-state index is 12.9. The van der Waals surface area contributed by atoms with E-state index in [0.29, 0.717) is 24.3 Å². The number of fused-ring (bicyclic) bond motifs is 1. The number of rotatable bonds is 3. The van der Waals surface area contributed by atoms with E-state index in [0.717, 1.165) is 0 Å². The lowest BCUT2D eigenvalue weighted by atomic mass is 10.0. The average molecular weight is 367 g/mol. The summed E-state index contributed by atoms with van der Waals surface area (Å²) >= 11 is 0. The summed E-state index contributed by atoms with van der Waals surface area (Å²) in [4.78, 5) is 25.1. The number of carbonyl (C=O) groups is 2. The SMILES string of the molecule is CCOC(=O)N1CCN(S(=O)(=O)c2ccc3c(c2)[C@@H](C)C(=O)N3)CC1. The second-order valence-electron chi connectivity index (χ2n) is 6.05. The predicted octanol–water partition coefficient (Wildman–Crippen LogP) is 1.20. The van der Waals surface area contributed by atoms with Crippen molar-refractivity contribution in [1.29, 1.82) is 0 Å². The smallest absolute Gasteiger partial charge is 0.409 e. The first kappa shape index (κ1) is 17.7. The lowest BCUT2D eigenvalue weighted by molar-refractivity contribution is -0.116. The zero-order valence-electron chi connectivity index (χ0n) is 14.2. The van der Waals surface area contributed by atoms with Crippen LogP contribution in [-0.2, 0) is 19.6 Å². The summed E-state index contributed by atoms with van der Waals surface area (Å²) in [5.41, 5.74) is 1.35. The highest BCUT2D eigenvalue weighted by molar-refractivity contribution is 7.89. The van der Waals surface area contributed by atoms with Gasteiger partial charge in [0.15, 0.2) is 0 Å². The van der Waals surface area contributed by atoms with Gasteiger partial charge in [-0.25, -0.2) is 13.2 Å². The zero-order valence-corrected chi connectivity index (χ0v) is 15.0. The van der Waals surface area contributed by atoms with Gasteiger partial charge in [0.25, 0.3) is 0 Å². The molecule has 1 saturated heterocycles. The number of nitrogens with zero attached hydrogens (tertiary/aromatic N) is 2. The summed E-state index contributed by atoms with van der Waals surface area (Å²) in [7, 11) is -3.67. The van der Waals surface area contributed by atoms with Crippen LogP contribution in [0, 0.1) is 0 Å². The summed E-state index contributed by atoms with van der Waals surface area (Å²) < 4.78 is 32.0. The third-order valence-corrected chi connectivity index (χ3v) is 6.44. The van der Waals surface area contributed by atoms with E-state index in [1.54, 1.807) is 26.0 Å². The molecule has 0 unspecified atom stereocenters. The number of benzene rings is 1. The van der Waals surface area contributed by atoms with Crippen molar-refractivity contribution in [1.82, 2.24) is 9.21 Å². The summed E-state index contributed by atoms with van der Waals surface area (Å²) in [6.07, 6.45) is -0.421. The minimum Gasteiger partial charge on any atom is -0.450 e. The maximum Gasteiger partial charge on any atom is 0.409 e. The first-order valence-corrected chi connectivity index (χ1v) is 9.65. The number of sulfonamides is 1. The highest BCUT2D eigenvalue weighted by Gasteiger charge is 2.33. The summed E-state index contributed by atoms with van der Waals surface area (Å²) in [6.45, 7) is 4.77. The van der Waals surface area contributed by atoms with Crippen LogP contribution >= 0.6 is 0 Å². The van der Waals surface area contributed by atoms with Crippen molar-refractivity contribution in [2.75, 3.05) is 38.1 Å². The molecule has 9 heteroatoms. The fraction of sp³-hybridized carbons (Fsp3) is 0.500. The van der Waals surface area contributed by atoms with E-state index in [4.69, 9.17) is 4.74 Å². The van der Waals surface area contributed by atoms with Crippen molar-refractivity contribution in [2.45, 2.75) is 24.7 Å². The number of hydrogen-bond acceptors (Lipinski definition) is 5. The van der Waals surface area contributed by atoms with Crippen LogP contribution in [0.5, 0.6) is 0 Å². The fourth-order valence-electron chi connectivity index (χ4n) is 3.03. The standard InChI is InChI=1S/C16H21N3O5S/c1-3-24-16(21)18-6-8-19(9-7-18)25(22,23)12-4-5-14-13(10-12)11(2)15(20)17-14/h4-5,10-11H,3,6-9H2,1-2H3,(H,17,20)/t11-/m1/s1. The molecule has 0 bridgehead atoms. The number of anilines is 1. The van der Waals surface area contributed by atoms with E-state index in [1.807, 2.05) is 0 Å². The van der Waals surface area contributed by atoms with Crippen LogP contribution in [0.15, 0.2) is 23.1 Å². The van der Waals surface area contributed by atoms with Gasteiger partial charge in [0, 0.05) is 31.9 Å². The van der Waals surface area contributed by atoms with E-state index < -0.39 is 16.1 Å². The third kappa shape index (κ3) is 3.21. The van der Waals surface area contributed by atoms with Gasteiger partial charge in [-0.1, -0.05) is 0 Å². The normalized spacial score (nSPS) is 21.0. The molecule has 8 nitrogen and oxygen atoms in total. The third-order valence-electron chi connectivity index (χ3n) is 4.54. The highest BCUT2D eigenvalue weighted by atomic mass is 32.2. The molecule has 2 aliphatic rings. The van der Waals surface area contributed by atoms with Crippen LogP contribution in [0.3, 0.4) is 0 Å². The molecule has 0 spiro atoms. The number of ether oxygens (including phenoxy) is 1. The molecule has 1 aromatic rings. The summed E-state index contributed by atoms with van der Waals surface area (Å²) in [5, 5.41) is 2.73. The Hall–Kier alpha value is -2.13. The Balaban J connectivity index is 1.76. The van der Waals surface area contributed by atoms with Crippen LogP contribution in [0.4, 0.5) is 10.5 Å². The van der Waals surface area contributed by atoms with E-state index in [-0.39, 0.29) is 36.4 Å². The minimum atomic E-state index is -3.67. The topological polar surface area (TPSA) is 96.0 Å². The van der Waals surface area contributed by atoms with E-state index >= 15 is 0 Å². The number of nitrogens with one attached hydrogen (secondary N) is 1. The molecule has 1 aromatic carbocycles. The van der Waals surface area contributed by atoms with Crippen molar-refractivity contribution in [2.24, 2.45) is 0 Å². The Bertz CT molecular complexity index is 800. The first-order valence-electron chi connectivity index (χ1n) is 8.21. The second kappa shape index (κ2) is 6.64. The Morgan fingerprint density at radius 3 is 2.60 bits per heavy atom. The van der Waals surface area contributed by atoms with Gasteiger partial charge in [-0.3, -0.25) is 4.79 Å². The predicted molar refractivity (Wildman–Crippen MR) is 90.8 cm³/mol. The van der Waals surface area contributed by atoms with Crippen molar-refractivity contribution >= 4 is 27.7 Å². The monoisotopic (exact) mass is 367 g/mol. The first-order chi connectivity index (χ1) is 11.8. The van der Waals surface area contributed by atoms with Crippen LogP contribution in [0.25, 0.3) is 0 Å². The van der Waals surface area contributed by atoms with Crippen LogP contribution in [0.2, 0.25) is 0 Å². The highest BCUT2D eigenvalue weighted by Crippen LogP contribution is 2.34. The molecule has 136 valence electrons. The molecule has 0 saturated carbocycles. The van der Waals surface area contributed by atoms with Gasteiger partial charge in [-0.15, -0.1) is 0 Å². The van der Waals surface area contributed by atoms with Crippen molar-refractivity contribution in [3.8, 4) is 0 Å². The molecule has 1 fully saturated rings. The van der Waals surface area contributed by atoms with E-state index in [2.05, 4.69) is 5.32 Å². The summed E-state index contributed by atoms with van der Waals surface area (Å²) in [5.74, 6) is -0.501. The Morgan fingerprint density at radius 2 is 1.96 bits per heavy atom. The van der Waals surface area contributed by atoms with Crippen LogP contribution in [-0.4, -0.2) is 62.4 Å². The van der Waals surface area contributed by atoms with E-state index in [9.17, 15) is 18.0 Å². The molecule has 3 rings (SSSR count). The van der Waals surface area contributed by atoms with Crippen LogP contribution < -0.4 is 5.32 Å². The number of hydrogen-bond donors (Lipinski definition) is 1. The minimum absolute atomic E-state index is 0.132. The molecular formula is C16H21N3O5S. The van der Waals surface area contributed by atoms with Gasteiger partial charge in [-0.2, -0.15) is 4.31 Å². The Morgan fingerprint density at radius 1 is 1.28 bits per heavy atom. The quantitative estimate of drug-likeness (QED) is 0.866. The Labute approximate surface area is 146 Å². The van der Waals surface area contributed by atoms with Crippen molar-refractivity contribution in [3.05, 3.63) is 23.8 Å². The molecule has 0 aromatic heterocycles. The van der Waals surface area contributed by atoms with Gasteiger partial charge in [0.05, 0.1) is 17.4 Å². The molecule has 0 aliphatic carbocycles.